The lowest BCUT2D eigenvalue weighted by atomic mass is 10.2. The van der Waals surface area contributed by atoms with Gasteiger partial charge >= 0.3 is 0 Å². The Morgan fingerprint density at radius 2 is 2.19 bits per heavy atom. The SMILES string of the molecule is NCCCn1[nH]c2c(c1=O)CCS(=O)(=O)C2. The summed E-state index contributed by atoms with van der Waals surface area (Å²) in [5.41, 5.74) is 6.43. The predicted molar refractivity (Wildman–Crippen MR) is 59.9 cm³/mol. The highest BCUT2D eigenvalue weighted by Crippen LogP contribution is 2.15. The normalized spacial score (nSPS) is 18.3. The summed E-state index contributed by atoms with van der Waals surface area (Å²) in [6.07, 6.45) is 1.02. The molecule has 1 aliphatic rings. The Bertz CT molecular complexity index is 541. The van der Waals surface area contributed by atoms with Gasteiger partial charge in [-0.25, -0.2) is 8.42 Å². The molecular weight excluding hydrogens is 230 g/mol. The Labute approximate surface area is 93.3 Å². The number of sulfone groups is 1. The van der Waals surface area contributed by atoms with Gasteiger partial charge in [0.1, 0.15) is 0 Å². The lowest BCUT2D eigenvalue weighted by Gasteiger charge is -2.09. The molecule has 90 valence electrons. The third-order valence-electron chi connectivity index (χ3n) is 2.75. The van der Waals surface area contributed by atoms with Crippen molar-refractivity contribution >= 4 is 9.84 Å². The van der Waals surface area contributed by atoms with Crippen LogP contribution in [0, 0.1) is 0 Å². The van der Waals surface area contributed by atoms with E-state index in [0.29, 0.717) is 37.2 Å². The summed E-state index contributed by atoms with van der Waals surface area (Å²) in [6.45, 7) is 1.02. The zero-order valence-electron chi connectivity index (χ0n) is 8.90. The van der Waals surface area contributed by atoms with Gasteiger partial charge in [-0.15, -0.1) is 0 Å². The summed E-state index contributed by atoms with van der Waals surface area (Å²) in [4.78, 5) is 11.8. The number of hydrogen-bond acceptors (Lipinski definition) is 4. The number of nitrogens with one attached hydrogen (secondary N) is 1. The molecule has 0 saturated heterocycles. The fourth-order valence-corrected chi connectivity index (χ4v) is 3.24. The first-order valence-corrected chi connectivity index (χ1v) is 7.06. The summed E-state index contributed by atoms with van der Waals surface area (Å²) >= 11 is 0. The van der Waals surface area contributed by atoms with E-state index < -0.39 is 9.84 Å². The van der Waals surface area contributed by atoms with E-state index in [1.54, 1.807) is 0 Å². The van der Waals surface area contributed by atoms with Crippen LogP contribution in [0.4, 0.5) is 0 Å². The van der Waals surface area contributed by atoms with Gasteiger partial charge < -0.3 is 5.73 Å². The van der Waals surface area contributed by atoms with Crippen LogP contribution in [0.5, 0.6) is 0 Å². The summed E-state index contributed by atoms with van der Waals surface area (Å²) in [7, 11) is -3.03. The molecule has 3 N–H and O–H groups in total. The molecule has 1 aromatic heterocycles. The molecule has 0 fully saturated rings. The zero-order chi connectivity index (χ0) is 11.8. The maximum atomic E-state index is 11.8. The lowest BCUT2D eigenvalue weighted by molar-refractivity contribution is 0.563. The molecule has 2 heterocycles. The van der Waals surface area contributed by atoms with Gasteiger partial charge in [0.05, 0.1) is 17.2 Å². The van der Waals surface area contributed by atoms with E-state index in [1.165, 1.54) is 4.68 Å². The fourth-order valence-electron chi connectivity index (χ4n) is 1.91. The van der Waals surface area contributed by atoms with Crippen LogP contribution in [0.2, 0.25) is 0 Å². The van der Waals surface area contributed by atoms with Gasteiger partial charge in [-0.2, -0.15) is 0 Å². The van der Waals surface area contributed by atoms with Gasteiger partial charge in [-0.05, 0) is 19.4 Å². The van der Waals surface area contributed by atoms with Crippen molar-refractivity contribution in [3.8, 4) is 0 Å². The number of aromatic nitrogens is 2. The molecule has 6 nitrogen and oxygen atoms in total. The molecule has 1 aliphatic heterocycles. The fraction of sp³-hybridized carbons (Fsp3) is 0.667. The maximum absolute atomic E-state index is 11.8. The number of nitrogens with zero attached hydrogens (tertiary/aromatic N) is 1. The van der Waals surface area contributed by atoms with Crippen LogP contribution >= 0.6 is 0 Å². The highest BCUT2D eigenvalue weighted by atomic mass is 32.2. The number of aryl methyl sites for hydroxylation is 1. The average Bonchev–Trinajstić information content (AvgIpc) is 2.50. The van der Waals surface area contributed by atoms with Gasteiger partial charge in [0.2, 0.25) is 0 Å². The molecule has 1 aromatic rings. The number of aromatic amines is 1. The molecule has 16 heavy (non-hydrogen) atoms. The van der Waals surface area contributed by atoms with Crippen molar-refractivity contribution in [2.75, 3.05) is 12.3 Å². The van der Waals surface area contributed by atoms with Gasteiger partial charge in [-0.1, -0.05) is 0 Å². The first kappa shape index (κ1) is 11.4. The number of hydrogen-bond donors (Lipinski definition) is 2. The molecule has 0 aliphatic carbocycles. The average molecular weight is 245 g/mol. The number of rotatable bonds is 3. The van der Waals surface area contributed by atoms with Gasteiger partial charge in [0.15, 0.2) is 9.84 Å². The maximum Gasteiger partial charge on any atom is 0.269 e. The summed E-state index contributed by atoms with van der Waals surface area (Å²) < 4.78 is 24.2. The third-order valence-corrected chi connectivity index (χ3v) is 4.31. The molecule has 2 rings (SSSR count). The minimum Gasteiger partial charge on any atom is -0.330 e. The van der Waals surface area contributed by atoms with Gasteiger partial charge in [-0.3, -0.25) is 14.6 Å². The van der Waals surface area contributed by atoms with E-state index in [9.17, 15) is 13.2 Å². The van der Waals surface area contributed by atoms with Crippen molar-refractivity contribution in [1.82, 2.24) is 9.78 Å². The van der Waals surface area contributed by atoms with Crippen molar-refractivity contribution in [3.05, 3.63) is 21.6 Å². The van der Waals surface area contributed by atoms with E-state index in [4.69, 9.17) is 5.73 Å². The van der Waals surface area contributed by atoms with Crippen molar-refractivity contribution in [3.63, 3.8) is 0 Å². The van der Waals surface area contributed by atoms with Crippen LogP contribution in [0.15, 0.2) is 4.79 Å². The van der Waals surface area contributed by atoms with E-state index in [0.717, 1.165) is 0 Å². The Balaban J connectivity index is 2.34. The third kappa shape index (κ3) is 2.05. The van der Waals surface area contributed by atoms with Crippen LogP contribution < -0.4 is 11.3 Å². The summed E-state index contributed by atoms with van der Waals surface area (Å²) in [5.74, 6) is 0.0250. The molecule has 0 saturated carbocycles. The summed E-state index contributed by atoms with van der Waals surface area (Å²) in [6, 6.07) is 0. The first-order chi connectivity index (χ1) is 7.53. The second-order valence-corrected chi connectivity index (χ2v) is 6.19. The van der Waals surface area contributed by atoms with Crippen molar-refractivity contribution in [2.24, 2.45) is 5.73 Å². The molecule has 0 radical (unpaired) electrons. The minimum absolute atomic E-state index is 0.0484. The molecule has 0 aromatic carbocycles. The van der Waals surface area contributed by atoms with E-state index in [-0.39, 0.29) is 17.1 Å². The van der Waals surface area contributed by atoms with Crippen LogP contribution in [-0.4, -0.2) is 30.5 Å². The van der Waals surface area contributed by atoms with E-state index in [2.05, 4.69) is 5.10 Å². The quantitative estimate of drug-likeness (QED) is 0.713. The molecule has 0 spiro atoms. The predicted octanol–water partition coefficient (Wildman–Crippen LogP) is -1.00. The Kier molecular flexibility index (Phi) is 2.90. The van der Waals surface area contributed by atoms with Crippen LogP contribution in [-0.2, 0) is 28.6 Å². The largest absolute Gasteiger partial charge is 0.330 e. The van der Waals surface area contributed by atoms with Gasteiger partial charge in [0.25, 0.3) is 5.56 Å². The van der Waals surface area contributed by atoms with Crippen molar-refractivity contribution < 1.29 is 8.42 Å². The zero-order valence-corrected chi connectivity index (χ0v) is 9.72. The standard InChI is InChI=1S/C9H15N3O3S/c10-3-1-4-12-9(13)7-2-5-16(14,15)6-8(7)11-12/h11H,1-6,10H2. The Hall–Kier alpha value is -1.08. The highest BCUT2D eigenvalue weighted by Gasteiger charge is 2.26. The second-order valence-electron chi connectivity index (χ2n) is 4.01. The number of H-pyrrole nitrogens is 1. The number of fused-ring (bicyclic) bond motifs is 1. The second kappa shape index (κ2) is 4.06. The molecule has 0 amide bonds. The van der Waals surface area contributed by atoms with E-state index >= 15 is 0 Å². The molecular formula is C9H15N3O3S. The molecule has 0 atom stereocenters. The smallest absolute Gasteiger partial charge is 0.269 e. The van der Waals surface area contributed by atoms with Crippen LogP contribution in [0.25, 0.3) is 0 Å². The molecule has 7 heteroatoms. The van der Waals surface area contributed by atoms with Crippen LogP contribution in [0.1, 0.15) is 17.7 Å². The van der Waals surface area contributed by atoms with Crippen LogP contribution in [0.3, 0.4) is 0 Å². The monoisotopic (exact) mass is 245 g/mol. The highest BCUT2D eigenvalue weighted by molar-refractivity contribution is 7.90. The Morgan fingerprint density at radius 3 is 2.88 bits per heavy atom. The lowest BCUT2D eigenvalue weighted by Crippen LogP contribution is -2.24. The minimum atomic E-state index is -3.03. The van der Waals surface area contributed by atoms with Gasteiger partial charge in [0, 0.05) is 12.1 Å². The number of nitrogens with two attached hydrogens (primary N) is 1. The molecule has 0 unspecified atom stereocenters. The van der Waals surface area contributed by atoms with Crippen molar-refractivity contribution in [2.45, 2.75) is 25.1 Å². The van der Waals surface area contributed by atoms with E-state index in [1.807, 2.05) is 0 Å². The topological polar surface area (TPSA) is 97.9 Å². The molecule has 0 bridgehead atoms. The van der Waals surface area contributed by atoms with Crippen molar-refractivity contribution in [1.29, 1.82) is 0 Å². The first-order valence-electron chi connectivity index (χ1n) is 5.24. The Morgan fingerprint density at radius 1 is 1.44 bits per heavy atom. The summed E-state index contributed by atoms with van der Waals surface area (Å²) in [5, 5.41) is 2.86.